The summed E-state index contributed by atoms with van der Waals surface area (Å²) in [4.78, 5) is 16.2. The summed E-state index contributed by atoms with van der Waals surface area (Å²) >= 11 is 0. The van der Waals surface area contributed by atoms with Crippen LogP contribution in [-0.2, 0) is 11.3 Å². The van der Waals surface area contributed by atoms with E-state index >= 15 is 0 Å². The van der Waals surface area contributed by atoms with Gasteiger partial charge in [0.25, 0.3) is 0 Å². The van der Waals surface area contributed by atoms with Crippen molar-refractivity contribution in [1.29, 1.82) is 0 Å². The summed E-state index contributed by atoms with van der Waals surface area (Å²) in [7, 11) is 0. The number of nitrogens with one attached hydrogen (secondary N) is 1. The van der Waals surface area contributed by atoms with Gasteiger partial charge in [-0.15, -0.1) is 0 Å². The van der Waals surface area contributed by atoms with Crippen molar-refractivity contribution in [2.24, 2.45) is 4.99 Å². The Hall–Kier alpha value is -3.71. The molecule has 154 valence electrons. The summed E-state index contributed by atoms with van der Waals surface area (Å²) in [6, 6.07) is 14.8. The van der Waals surface area contributed by atoms with Crippen LogP contribution in [0.5, 0.6) is 0 Å². The minimum absolute atomic E-state index is 0.732. The Bertz CT molecular complexity index is 1290. The van der Waals surface area contributed by atoms with Gasteiger partial charge in [0.2, 0.25) is 0 Å². The minimum atomic E-state index is 0.732. The molecule has 2 aromatic carbocycles. The van der Waals surface area contributed by atoms with Gasteiger partial charge >= 0.3 is 0 Å². The van der Waals surface area contributed by atoms with Gasteiger partial charge in [0.15, 0.2) is 11.5 Å². The molecule has 2 aliphatic heterocycles. The Morgan fingerprint density at radius 2 is 1.97 bits per heavy atom. The average Bonchev–Trinajstić information content (AvgIpc) is 3.49. The van der Waals surface area contributed by atoms with Crippen molar-refractivity contribution in [2.45, 2.75) is 6.54 Å². The van der Waals surface area contributed by atoms with Crippen LogP contribution in [0, 0.1) is 0 Å². The van der Waals surface area contributed by atoms with Crippen molar-refractivity contribution in [3.05, 3.63) is 72.2 Å². The normalized spacial score (nSPS) is 15.4. The molecule has 0 spiro atoms. The fourth-order valence-corrected chi connectivity index (χ4v) is 4.16. The van der Waals surface area contributed by atoms with E-state index in [1.165, 1.54) is 16.8 Å². The van der Waals surface area contributed by atoms with Gasteiger partial charge in [-0.1, -0.05) is 18.2 Å². The second kappa shape index (κ2) is 7.52. The van der Waals surface area contributed by atoms with E-state index < -0.39 is 0 Å². The van der Waals surface area contributed by atoms with Gasteiger partial charge in [0, 0.05) is 54.8 Å². The van der Waals surface area contributed by atoms with Gasteiger partial charge in [-0.3, -0.25) is 4.99 Å². The monoisotopic (exact) mass is 410 g/mol. The van der Waals surface area contributed by atoms with Gasteiger partial charge in [0.1, 0.15) is 0 Å². The summed E-state index contributed by atoms with van der Waals surface area (Å²) in [6.45, 7) is 4.08. The number of hydrogen-bond acceptors (Lipinski definition) is 6. The number of morpholine rings is 1. The molecule has 0 aliphatic carbocycles. The highest BCUT2D eigenvalue weighted by atomic mass is 16.5. The van der Waals surface area contributed by atoms with Crippen molar-refractivity contribution in [1.82, 2.24) is 14.4 Å². The third-order valence-corrected chi connectivity index (χ3v) is 5.79. The molecule has 2 aliphatic rings. The molecule has 0 amide bonds. The molecule has 7 nitrogen and oxygen atoms in total. The predicted octanol–water partition coefficient (Wildman–Crippen LogP) is 3.91. The first-order chi connectivity index (χ1) is 15.3. The summed E-state index contributed by atoms with van der Waals surface area (Å²) in [6.07, 6.45) is 7.70. The van der Waals surface area contributed by atoms with Gasteiger partial charge in [0.05, 0.1) is 25.5 Å². The van der Waals surface area contributed by atoms with Gasteiger partial charge in [-0.2, -0.15) is 0 Å². The smallest absolute Gasteiger partial charge is 0.180 e. The molecule has 7 heteroatoms. The van der Waals surface area contributed by atoms with Crippen molar-refractivity contribution in [3.8, 4) is 11.3 Å². The molecule has 1 N–H and O–H groups in total. The highest BCUT2D eigenvalue weighted by Gasteiger charge is 2.14. The van der Waals surface area contributed by atoms with Crippen LogP contribution in [0.1, 0.15) is 11.1 Å². The molecule has 4 heterocycles. The second-order valence-corrected chi connectivity index (χ2v) is 7.79. The molecule has 0 saturated carbocycles. The Kier molecular flexibility index (Phi) is 4.39. The molecule has 2 aromatic heterocycles. The Balaban J connectivity index is 1.36. The van der Waals surface area contributed by atoms with Gasteiger partial charge < -0.3 is 19.4 Å². The molecule has 1 saturated heterocycles. The molecular formula is C24H22N6O. The van der Waals surface area contributed by atoms with E-state index in [4.69, 9.17) is 9.72 Å². The van der Waals surface area contributed by atoms with Crippen LogP contribution in [0.4, 0.5) is 17.2 Å². The zero-order valence-corrected chi connectivity index (χ0v) is 17.0. The third-order valence-electron chi connectivity index (χ3n) is 5.79. The van der Waals surface area contributed by atoms with Crippen LogP contribution in [0.25, 0.3) is 16.9 Å². The standard InChI is InChI=1S/C24H22N6O/c1-2-20(13-21(3-1)29-8-10-31-11-9-29)27-23-24-26-6-7-30(24)16-22(28-23)17-4-5-18-14-25-15-19(18)12-17/h1-7,12-14,16H,8-11,15H2,(H,27,28). The summed E-state index contributed by atoms with van der Waals surface area (Å²) in [5.74, 6) is 0.735. The van der Waals surface area contributed by atoms with E-state index in [9.17, 15) is 0 Å². The Labute approximate surface area is 180 Å². The molecule has 0 unspecified atom stereocenters. The Morgan fingerprint density at radius 3 is 2.90 bits per heavy atom. The second-order valence-electron chi connectivity index (χ2n) is 7.79. The molecule has 6 rings (SSSR count). The Morgan fingerprint density at radius 1 is 1.03 bits per heavy atom. The van der Waals surface area contributed by atoms with Crippen LogP contribution in [0.15, 0.2) is 66.0 Å². The zero-order chi connectivity index (χ0) is 20.6. The number of benzene rings is 2. The number of rotatable bonds is 4. The van der Waals surface area contributed by atoms with Crippen molar-refractivity contribution >= 4 is 29.1 Å². The summed E-state index contributed by atoms with van der Waals surface area (Å²) < 4.78 is 7.50. The van der Waals surface area contributed by atoms with Crippen molar-refractivity contribution in [2.75, 3.05) is 36.5 Å². The first-order valence-corrected chi connectivity index (χ1v) is 10.5. The van der Waals surface area contributed by atoms with Crippen molar-refractivity contribution in [3.63, 3.8) is 0 Å². The van der Waals surface area contributed by atoms with Crippen LogP contribution >= 0.6 is 0 Å². The fourth-order valence-electron chi connectivity index (χ4n) is 4.16. The van der Waals surface area contributed by atoms with Crippen LogP contribution < -0.4 is 10.2 Å². The number of fused-ring (bicyclic) bond motifs is 2. The number of aliphatic imine (C=N–C) groups is 1. The molecular weight excluding hydrogens is 388 g/mol. The number of anilines is 3. The topological polar surface area (TPSA) is 67.0 Å². The van der Waals surface area contributed by atoms with E-state index in [0.29, 0.717) is 0 Å². The summed E-state index contributed by atoms with van der Waals surface area (Å²) in [5, 5.41) is 3.50. The molecule has 1 fully saturated rings. The summed E-state index contributed by atoms with van der Waals surface area (Å²) in [5.41, 5.74) is 7.36. The average molecular weight is 410 g/mol. The van der Waals surface area contributed by atoms with E-state index in [-0.39, 0.29) is 0 Å². The largest absolute Gasteiger partial charge is 0.378 e. The molecule has 31 heavy (non-hydrogen) atoms. The first-order valence-electron chi connectivity index (χ1n) is 10.5. The highest BCUT2D eigenvalue weighted by Crippen LogP contribution is 2.28. The lowest BCUT2D eigenvalue weighted by atomic mass is 10.0. The molecule has 0 radical (unpaired) electrons. The van der Waals surface area contributed by atoms with E-state index in [1.807, 2.05) is 23.0 Å². The first kappa shape index (κ1) is 18.1. The quantitative estimate of drug-likeness (QED) is 0.553. The number of ether oxygens (including phenoxy) is 1. The third kappa shape index (κ3) is 3.43. The lowest BCUT2D eigenvalue weighted by molar-refractivity contribution is 0.122. The van der Waals surface area contributed by atoms with Crippen LogP contribution in [-0.4, -0.2) is 46.9 Å². The van der Waals surface area contributed by atoms with E-state index in [0.717, 1.165) is 61.3 Å². The fraction of sp³-hybridized carbons (Fsp3) is 0.208. The molecule has 0 atom stereocenters. The molecule has 0 bridgehead atoms. The SMILES string of the molecule is C1=NCc2cc(-c3cn4ccnc4c(Nc4cccc(N5CCOCC5)c4)n3)ccc21. The molecule has 4 aromatic rings. The lowest BCUT2D eigenvalue weighted by Crippen LogP contribution is -2.36. The maximum atomic E-state index is 5.48. The number of nitrogens with zero attached hydrogens (tertiary/aromatic N) is 5. The number of imidazole rings is 1. The lowest BCUT2D eigenvalue weighted by Gasteiger charge is -2.29. The number of hydrogen-bond donors (Lipinski definition) is 1. The van der Waals surface area contributed by atoms with Gasteiger partial charge in [-0.25, -0.2) is 9.97 Å². The van der Waals surface area contributed by atoms with Gasteiger partial charge in [-0.05, 0) is 35.4 Å². The highest BCUT2D eigenvalue weighted by molar-refractivity contribution is 5.86. The van der Waals surface area contributed by atoms with E-state index in [2.05, 4.69) is 62.7 Å². The minimum Gasteiger partial charge on any atom is -0.378 e. The predicted molar refractivity (Wildman–Crippen MR) is 122 cm³/mol. The maximum absolute atomic E-state index is 5.48. The van der Waals surface area contributed by atoms with E-state index in [1.54, 1.807) is 6.20 Å². The number of aromatic nitrogens is 3. The van der Waals surface area contributed by atoms with Crippen LogP contribution in [0.2, 0.25) is 0 Å². The van der Waals surface area contributed by atoms with Crippen molar-refractivity contribution < 1.29 is 4.74 Å². The zero-order valence-electron chi connectivity index (χ0n) is 17.0. The maximum Gasteiger partial charge on any atom is 0.180 e. The van der Waals surface area contributed by atoms with Crippen LogP contribution in [0.3, 0.4) is 0 Å².